The predicted molar refractivity (Wildman–Crippen MR) is 72.0 cm³/mol. The second kappa shape index (κ2) is 7.34. The molecular weight excluding hydrogens is 236 g/mol. The van der Waals surface area contributed by atoms with E-state index in [1.54, 1.807) is 6.92 Å². The van der Waals surface area contributed by atoms with Crippen LogP contribution in [0.1, 0.15) is 26.7 Å². The van der Waals surface area contributed by atoms with Gasteiger partial charge in [0.2, 0.25) is 0 Å². The average Bonchev–Trinajstić information content (AvgIpc) is 2.35. The van der Waals surface area contributed by atoms with Crippen molar-refractivity contribution in [1.29, 1.82) is 0 Å². The van der Waals surface area contributed by atoms with Crippen molar-refractivity contribution >= 4 is 9.84 Å². The molecule has 4 nitrogen and oxygen atoms in total. The van der Waals surface area contributed by atoms with Gasteiger partial charge in [-0.1, -0.05) is 13.8 Å². The second-order valence-electron chi connectivity index (χ2n) is 4.85. The Balaban J connectivity index is 2.29. The summed E-state index contributed by atoms with van der Waals surface area (Å²) in [7, 11) is -2.81. The molecular formula is C12H26N2O2S. The summed E-state index contributed by atoms with van der Waals surface area (Å²) in [4.78, 5) is 2.30. The fourth-order valence-electron chi connectivity index (χ4n) is 2.28. The lowest BCUT2D eigenvalue weighted by atomic mass is 9.98. The number of hydrogen-bond acceptors (Lipinski definition) is 4. The van der Waals surface area contributed by atoms with Crippen molar-refractivity contribution in [2.45, 2.75) is 26.7 Å². The molecule has 1 N–H and O–H groups in total. The summed E-state index contributed by atoms with van der Waals surface area (Å²) in [6.45, 7) is 8.73. The van der Waals surface area contributed by atoms with Crippen LogP contribution in [0.25, 0.3) is 0 Å². The molecule has 17 heavy (non-hydrogen) atoms. The third-order valence-electron chi connectivity index (χ3n) is 3.44. The molecule has 1 heterocycles. The van der Waals surface area contributed by atoms with Crippen LogP contribution in [0.2, 0.25) is 0 Å². The molecule has 0 bridgehead atoms. The van der Waals surface area contributed by atoms with Crippen molar-refractivity contribution in [2.75, 3.05) is 44.2 Å². The topological polar surface area (TPSA) is 49.4 Å². The Morgan fingerprint density at radius 2 is 2.12 bits per heavy atom. The summed E-state index contributed by atoms with van der Waals surface area (Å²) in [5.74, 6) is 1.27. The molecule has 0 aromatic rings. The smallest absolute Gasteiger partial charge is 0.151 e. The Morgan fingerprint density at radius 1 is 1.35 bits per heavy atom. The summed E-state index contributed by atoms with van der Waals surface area (Å²) in [6, 6.07) is 0. The Hall–Kier alpha value is -0.130. The van der Waals surface area contributed by atoms with E-state index in [2.05, 4.69) is 17.1 Å². The highest BCUT2D eigenvalue weighted by atomic mass is 32.2. The van der Waals surface area contributed by atoms with E-state index in [1.165, 1.54) is 12.8 Å². The van der Waals surface area contributed by atoms with Crippen LogP contribution in [-0.4, -0.2) is 57.5 Å². The Morgan fingerprint density at radius 3 is 2.76 bits per heavy atom. The third-order valence-corrected chi connectivity index (χ3v) is 5.13. The van der Waals surface area contributed by atoms with E-state index < -0.39 is 9.84 Å². The molecule has 1 atom stereocenters. The maximum atomic E-state index is 11.5. The van der Waals surface area contributed by atoms with E-state index in [1.807, 2.05) is 0 Å². The van der Waals surface area contributed by atoms with Gasteiger partial charge in [-0.15, -0.1) is 0 Å². The average molecular weight is 262 g/mol. The molecule has 1 aliphatic heterocycles. The molecule has 0 radical (unpaired) electrons. The van der Waals surface area contributed by atoms with Gasteiger partial charge in [0.1, 0.15) is 0 Å². The number of likely N-dealkylation sites (tertiary alicyclic amines) is 1. The zero-order chi connectivity index (χ0) is 12.7. The number of rotatable bonds is 7. The van der Waals surface area contributed by atoms with Crippen molar-refractivity contribution in [3.05, 3.63) is 0 Å². The minimum Gasteiger partial charge on any atom is -0.317 e. The van der Waals surface area contributed by atoms with Crippen LogP contribution in [0, 0.1) is 5.92 Å². The summed E-state index contributed by atoms with van der Waals surface area (Å²) in [6.07, 6.45) is 2.46. The van der Waals surface area contributed by atoms with Crippen LogP contribution in [-0.2, 0) is 9.84 Å². The highest BCUT2D eigenvalue weighted by molar-refractivity contribution is 7.91. The van der Waals surface area contributed by atoms with Crippen LogP contribution >= 0.6 is 0 Å². The quantitative estimate of drug-likeness (QED) is 0.735. The number of hydrogen-bond donors (Lipinski definition) is 1. The Kier molecular flexibility index (Phi) is 6.44. The Labute approximate surface area is 106 Å². The van der Waals surface area contributed by atoms with Gasteiger partial charge in [0.25, 0.3) is 0 Å². The first-order valence-corrected chi connectivity index (χ1v) is 8.53. The number of sulfone groups is 1. The minimum atomic E-state index is -2.81. The summed E-state index contributed by atoms with van der Waals surface area (Å²) in [5, 5.41) is 3.38. The molecule has 1 rings (SSSR count). The van der Waals surface area contributed by atoms with E-state index in [0.717, 1.165) is 26.2 Å². The van der Waals surface area contributed by atoms with Gasteiger partial charge < -0.3 is 10.2 Å². The number of nitrogens with one attached hydrogen (secondary N) is 1. The monoisotopic (exact) mass is 262 g/mol. The van der Waals surface area contributed by atoms with Crippen LogP contribution in [0.5, 0.6) is 0 Å². The van der Waals surface area contributed by atoms with E-state index in [-0.39, 0.29) is 5.75 Å². The van der Waals surface area contributed by atoms with Gasteiger partial charge in [-0.25, -0.2) is 8.42 Å². The van der Waals surface area contributed by atoms with Gasteiger partial charge in [0.05, 0.1) is 5.75 Å². The van der Waals surface area contributed by atoms with Gasteiger partial charge in [-0.3, -0.25) is 0 Å². The molecule has 0 spiro atoms. The molecule has 1 fully saturated rings. The van der Waals surface area contributed by atoms with Crippen molar-refractivity contribution < 1.29 is 8.42 Å². The summed E-state index contributed by atoms with van der Waals surface area (Å²) in [5.41, 5.74) is 0. The van der Waals surface area contributed by atoms with Gasteiger partial charge in [0, 0.05) is 18.8 Å². The molecule has 5 heteroatoms. The maximum Gasteiger partial charge on any atom is 0.151 e. The second-order valence-corrected chi connectivity index (χ2v) is 7.33. The first-order valence-electron chi connectivity index (χ1n) is 6.71. The summed E-state index contributed by atoms with van der Waals surface area (Å²) >= 11 is 0. The molecule has 0 saturated carbocycles. The largest absolute Gasteiger partial charge is 0.317 e. The fraction of sp³-hybridized carbons (Fsp3) is 1.00. The van der Waals surface area contributed by atoms with Gasteiger partial charge in [-0.2, -0.15) is 0 Å². The fourth-order valence-corrected chi connectivity index (χ4v) is 3.11. The molecule has 0 aliphatic carbocycles. The number of piperidine rings is 1. The lowest BCUT2D eigenvalue weighted by Gasteiger charge is -2.32. The van der Waals surface area contributed by atoms with Crippen molar-refractivity contribution in [3.63, 3.8) is 0 Å². The zero-order valence-corrected chi connectivity index (χ0v) is 11.9. The van der Waals surface area contributed by atoms with Crippen molar-refractivity contribution in [2.24, 2.45) is 5.92 Å². The molecule has 0 aromatic heterocycles. The van der Waals surface area contributed by atoms with Crippen LogP contribution in [0.4, 0.5) is 0 Å². The molecule has 0 aromatic carbocycles. The van der Waals surface area contributed by atoms with Gasteiger partial charge >= 0.3 is 0 Å². The number of nitrogens with zero attached hydrogens (tertiary/aromatic N) is 1. The van der Waals surface area contributed by atoms with Crippen LogP contribution in [0.3, 0.4) is 0 Å². The highest BCUT2D eigenvalue weighted by Crippen LogP contribution is 2.15. The van der Waals surface area contributed by atoms with E-state index in [4.69, 9.17) is 0 Å². The third kappa shape index (κ3) is 5.84. The van der Waals surface area contributed by atoms with Crippen molar-refractivity contribution in [3.8, 4) is 0 Å². The van der Waals surface area contributed by atoms with Crippen LogP contribution in [0.15, 0.2) is 0 Å². The minimum absolute atomic E-state index is 0.266. The first kappa shape index (κ1) is 14.9. The van der Waals surface area contributed by atoms with Crippen molar-refractivity contribution in [1.82, 2.24) is 10.2 Å². The SMILES string of the molecule is CCNCC1CCCN(CCS(=O)(=O)CC)C1. The summed E-state index contributed by atoms with van der Waals surface area (Å²) < 4.78 is 22.9. The molecule has 1 unspecified atom stereocenters. The Bertz CT molecular complexity index is 304. The van der Waals surface area contributed by atoms with E-state index in [9.17, 15) is 8.42 Å². The van der Waals surface area contributed by atoms with E-state index in [0.29, 0.717) is 18.2 Å². The lowest BCUT2D eigenvalue weighted by molar-refractivity contribution is 0.181. The van der Waals surface area contributed by atoms with Gasteiger partial charge in [0.15, 0.2) is 9.84 Å². The van der Waals surface area contributed by atoms with Gasteiger partial charge in [-0.05, 0) is 38.4 Å². The molecule has 0 amide bonds. The lowest BCUT2D eigenvalue weighted by Crippen LogP contribution is -2.41. The first-order chi connectivity index (χ1) is 8.07. The maximum absolute atomic E-state index is 11.5. The standard InChI is InChI=1S/C12H26N2O2S/c1-3-13-10-12-6-5-7-14(11-12)8-9-17(15,16)4-2/h12-13H,3-11H2,1-2H3. The molecule has 1 aliphatic rings. The molecule has 1 saturated heterocycles. The van der Waals surface area contributed by atoms with Crippen LogP contribution < -0.4 is 5.32 Å². The predicted octanol–water partition coefficient (Wildman–Crippen LogP) is 0.743. The normalized spacial score (nSPS) is 22.8. The zero-order valence-electron chi connectivity index (χ0n) is 11.1. The van der Waals surface area contributed by atoms with E-state index >= 15 is 0 Å². The highest BCUT2D eigenvalue weighted by Gasteiger charge is 2.20. The molecule has 102 valence electrons.